The van der Waals surface area contributed by atoms with Crippen molar-refractivity contribution in [2.24, 2.45) is 23.2 Å². The van der Waals surface area contributed by atoms with Crippen molar-refractivity contribution in [2.75, 3.05) is 104 Å². The molecule has 0 radical (unpaired) electrons. The van der Waals surface area contributed by atoms with Gasteiger partial charge in [0.2, 0.25) is 29.5 Å². The Bertz CT molecular complexity index is 5910. The molecular formula is C95H101BrCl2IN15O10. The topological polar surface area (TPSA) is 277 Å². The fourth-order valence-electron chi connectivity index (χ4n) is 18.1. The van der Waals surface area contributed by atoms with Gasteiger partial charge in [0.25, 0.3) is 11.8 Å². The number of aromatic nitrogens is 5. The van der Waals surface area contributed by atoms with Crippen LogP contribution in [0.1, 0.15) is 131 Å². The van der Waals surface area contributed by atoms with Crippen LogP contribution in [0, 0.1) is 63.2 Å². The molecule has 2 aliphatic carbocycles. The molecule has 4 aromatic carbocycles. The molecule has 25 nitrogen and oxygen atoms in total. The van der Waals surface area contributed by atoms with E-state index in [1.807, 2.05) is 110 Å². The average Bonchev–Trinajstić information content (AvgIpc) is 1.57. The Kier molecular flexibility index (Phi) is 27.3. The lowest BCUT2D eigenvalue weighted by Gasteiger charge is -2.43. The second kappa shape index (κ2) is 37.8. The minimum atomic E-state index is -0.130. The van der Waals surface area contributed by atoms with E-state index in [1.165, 1.54) is 29.7 Å². The van der Waals surface area contributed by atoms with E-state index in [4.69, 9.17) is 28.5 Å². The van der Waals surface area contributed by atoms with Crippen LogP contribution in [0.4, 0.5) is 5.82 Å². The zero-order valence-corrected chi connectivity index (χ0v) is 75.8. The fourth-order valence-corrected chi connectivity index (χ4v) is 19.8. The lowest BCUT2D eigenvalue weighted by molar-refractivity contribution is -0.142. The molecule has 8 fully saturated rings. The summed E-state index contributed by atoms with van der Waals surface area (Å²) >= 11 is 18.7. The first-order valence-electron chi connectivity index (χ1n) is 42.1. The number of para-hydroxylation sites is 1. The van der Waals surface area contributed by atoms with Gasteiger partial charge in [-0.2, -0.15) is 10.5 Å². The lowest BCUT2D eigenvalue weighted by atomic mass is 9.93. The van der Waals surface area contributed by atoms with Gasteiger partial charge < -0.3 is 57.5 Å². The zero-order chi connectivity index (χ0) is 88.4. The third-order valence-corrected chi connectivity index (χ3v) is 26.8. The summed E-state index contributed by atoms with van der Waals surface area (Å²) in [7, 11) is 1.78. The third kappa shape index (κ3) is 19.6. The van der Waals surface area contributed by atoms with E-state index in [-0.39, 0.29) is 113 Å². The van der Waals surface area contributed by atoms with Crippen LogP contribution in [0.5, 0.6) is 0 Å². The van der Waals surface area contributed by atoms with Crippen LogP contribution >= 0.6 is 61.7 Å². The number of hydrogen-bond donors (Lipinski definition) is 0. The molecule has 0 atom stereocenters. The molecule has 8 aliphatic rings. The molecule has 124 heavy (non-hydrogen) atoms. The van der Waals surface area contributed by atoms with Gasteiger partial charge in [0.1, 0.15) is 24.5 Å². The maximum absolute atomic E-state index is 14.3. The number of halogens is 4. The van der Waals surface area contributed by atoms with Crippen LogP contribution in [0.2, 0.25) is 10.0 Å². The van der Waals surface area contributed by atoms with Gasteiger partial charge in [-0.05, 0) is 170 Å². The van der Waals surface area contributed by atoms with Crippen molar-refractivity contribution in [3.63, 3.8) is 0 Å². The number of benzene rings is 4. The molecule has 9 aromatic rings. The van der Waals surface area contributed by atoms with Crippen LogP contribution in [0.25, 0.3) is 43.6 Å². The molecule has 2 saturated carbocycles. The first-order valence-corrected chi connectivity index (χ1v) is 44.7. The van der Waals surface area contributed by atoms with E-state index in [1.54, 1.807) is 50.0 Å². The van der Waals surface area contributed by atoms with E-state index in [2.05, 4.69) is 111 Å². The van der Waals surface area contributed by atoms with Crippen molar-refractivity contribution in [3.8, 4) is 12.1 Å². The maximum Gasteiger partial charge on any atom is 0.256 e. The quantitative estimate of drug-likeness (QED) is 0.0402. The Morgan fingerprint density at radius 3 is 1.48 bits per heavy atom. The minimum Gasteiger partial charge on any atom is -0.353 e. The number of likely N-dealkylation sites (tertiary alicyclic amines) is 5. The summed E-state index contributed by atoms with van der Waals surface area (Å²) in [5.41, 5.74) is 10.2. The number of amides is 7. The number of nitrogens with zero attached hydrogens (tertiary/aromatic N) is 15. The highest BCUT2D eigenvalue weighted by Gasteiger charge is 2.43. The van der Waals surface area contributed by atoms with E-state index in [9.17, 15) is 53.2 Å². The normalized spacial score (nSPS) is 16.9. The molecular weight excluding hydrogens is 1790 g/mol. The number of nitriles is 2. The van der Waals surface area contributed by atoms with Crippen molar-refractivity contribution < 1.29 is 47.9 Å². The summed E-state index contributed by atoms with van der Waals surface area (Å²) in [6.45, 7) is 31.9. The number of fused-ring (bicyclic) bond motifs is 4. The second-order valence-corrected chi connectivity index (χ2v) is 37.7. The number of pyridine rings is 1. The number of carbonyl (C=O) groups excluding carboxylic acids is 10. The third-order valence-electron chi connectivity index (χ3n) is 25.0. The number of carbonyl (C=O) groups is 10. The molecule has 11 heterocycles. The first kappa shape index (κ1) is 89.3. The molecule has 644 valence electrons. The van der Waals surface area contributed by atoms with E-state index >= 15 is 0 Å². The number of Topliss-reactive ketones (excluding diaryl/α,β-unsaturated/α-hetero) is 3. The van der Waals surface area contributed by atoms with Gasteiger partial charge in [0.15, 0.2) is 17.3 Å². The maximum atomic E-state index is 14.3. The predicted molar refractivity (Wildman–Crippen MR) is 491 cm³/mol. The smallest absolute Gasteiger partial charge is 0.256 e. The van der Waals surface area contributed by atoms with Crippen LogP contribution < -0.4 is 4.90 Å². The molecule has 6 saturated heterocycles. The number of hydrogen-bond acceptors (Lipinski definition) is 14. The second-order valence-electron chi connectivity index (χ2n) is 34.8. The summed E-state index contributed by atoms with van der Waals surface area (Å²) in [4.78, 5) is 145. The Morgan fingerprint density at radius 2 is 1.02 bits per heavy atom. The Balaban J connectivity index is 0.000000139. The molecule has 17 rings (SSSR count). The number of piperazine rings is 1. The Labute approximate surface area is 753 Å². The van der Waals surface area contributed by atoms with Crippen molar-refractivity contribution in [1.82, 2.24) is 57.6 Å². The zero-order valence-electron chi connectivity index (χ0n) is 70.5. The lowest BCUT2D eigenvalue weighted by Crippen LogP contribution is -2.61. The van der Waals surface area contributed by atoms with Crippen LogP contribution in [-0.2, 0) is 64.5 Å². The highest BCUT2D eigenvalue weighted by Crippen LogP contribution is 2.49. The number of anilines is 1. The van der Waals surface area contributed by atoms with E-state index < -0.39 is 0 Å². The Hall–Kier alpha value is -11.0. The average molecular weight is 1890 g/mol. The number of rotatable bonds is 24. The summed E-state index contributed by atoms with van der Waals surface area (Å²) in [6, 6.07) is 29.2. The van der Waals surface area contributed by atoms with Crippen molar-refractivity contribution in [2.45, 2.75) is 123 Å². The van der Waals surface area contributed by atoms with Gasteiger partial charge in [0.05, 0.1) is 59.0 Å². The Morgan fingerprint density at radius 1 is 0.548 bits per heavy atom. The number of ketones is 3. The molecule has 0 unspecified atom stereocenters. The van der Waals surface area contributed by atoms with Gasteiger partial charge in [-0.25, -0.2) is 4.98 Å². The number of likely N-dealkylation sites (N-methyl/N-ethyl adjacent to an activating group) is 1. The predicted octanol–water partition coefficient (Wildman–Crippen LogP) is 14.2. The largest absolute Gasteiger partial charge is 0.353 e. The fraction of sp³-hybridized carbons (Fsp3) is 0.400. The first-order chi connectivity index (χ1) is 59.4. The van der Waals surface area contributed by atoms with E-state index in [0.29, 0.717) is 137 Å². The SMILES string of the molecule is C=CC(=O)N1CC(CC(=O)Cn2c(C3CC3)c(C(=O)N3CCC(C)(C)C3)c3cc(Cl)cc(C)c32)C1.C=CC(=O)N1CC(CC(=O)Cn2cc(C#N)c3cc(Br)ccc32)C1.C=CC(=O)N1CC(CC(=O)Cn2cc(I)c3ccccc32)C1.C=CC(=O)N1CC(N(C)C(=O)Cn2c(C3CC3)c(C(=O)N3CCN(c4ccc(C#N)cn4)CC3)c3cc(Cl)cc(C)c32)C1. The molecule has 0 spiro atoms. The van der Waals surface area contributed by atoms with Crippen molar-refractivity contribution >= 4 is 170 Å². The molecule has 0 bridgehead atoms. The summed E-state index contributed by atoms with van der Waals surface area (Å²) in [5.74, 6) is 2.05. The van der Waals surface area contributed by atoms with Crippen LogP contribution in [0.15, 0.2) is 153 Å². The molecule has 29 heteroatoms. The highest BCUT2D eigenvalue weighted by molar-refractivity contribution is 14.1. The minimum absolute atomic E-state index is 0.0434. The van der Waals surface area contributed by atoms with Gasteiger partial charge >= 0.3 is 0 Å². The highest BCUT2D eigenvalue weighted by atomic mass is 127. The summed E-state index contributed by atoms with van der Waals surface area (Å²) in [5, 5.41) is 23.2. The molecule has 6 aliphatic heterocycles. The van der Waals surface area contributed by atoms with Gasteiger partial charge in [-0.3, -0.25) is 47.9 Å². The number of aryl methyl sites for hydroxylation is 2. The summed E-state index contributed by atoms with van der Waals surface area (Å²) in [6.07, 6.45) is 16.9. The summed E-state index contributed by atoms with van der Waals surface area (Å²) < 4.78 is 10.1. The van der Waals surface area contributed by atoms with Crippen LogP contribution in [0.3, 0.4) is 0 Å². The van der Waals surface area contributed by atoms with Gasteiger partial charge in [-0.1, -0.05) is 97.5 Å². The molecule has 7 amide bonds. The van der Waals surface area contributed by atoms with Crippen LogP contribution in [-0.4, -0.2) is 221 Å². The monoisotopic (exact) mass is 1890 g/mol. The standard InChI is InChI=1S/C32H34ClN7O3.C28H34ClN3O3.C18H16BrN3O2.C17H17IN2O2/c1-4-27(41)39-17-24(18-39)36(3)28(42)19-40-30-20(2)13-23(33)14-25(30)29(31(40)22-6-7-22)32(43)38-11-9-37(10-12-38)26-8-5-21(15-34)16-35-26;1-5-23(34)31-13-18(14-31)11-21(33)15-32-25-17(2)10-20(29)12-22(25)24(26(32)19-6-7-19)27(35)30-9-8-28(3,4)16-30;1-2-18(24)22-8-12(9-22)5-15(23)11-21-10-13(7-20)16-6-14(19)3-4-17(16)21;1-2-17(22)20-8-12(9-20)7-13(21)10-19-11-15(18)14-5-3-4-6-16(14)19/h4-5,8,13-14,16,22,24H,1,6-7,9-12,17-19H2,2-3H3;5,10,12,18-19H,1,6-9,11,13-16H2,2-4H3;2-4,6,10,12H,1,5,8-9,11H2;2-6,11-12H,1,7-10H2. The van der Waals surface area contributed by atoms with Gasteiger partial charge in [0, 0.05) is 228 Å². The van der Waals surface area contributed by atoms with Crippen molar-refractivity contribution in [3.05, 3.63) is 211 Å². The molecule has 0 N–H and O–H groups in total. The molecule has 5 aromatic heterocycles. The van der Waals surface area contributed by atoms with E-state index in [0.717, 1.165) is 125 Å². The van der Waals surface area contributed by atoms with Gasteiger partial charge in [-0.15, -0.1) is 0 Å². The van der Waals surface area contributed by atoms with Crippen molar-refractivity contribution in [1.29, 1.82) is 10.5 Å².